The van der Waals surface area contributed by atoms with Crippen molar-refractivity contribution in [1.82, 2.24) is 14.5 Å². The monoisotopic (exact) mass is 372 g/mol. The van der Waals surface area contributed by atoms with Gasteiger partial charge in [0.1, 0.15) is 0 Å². The predicted octanol–water partition coefficient (Wildman–Crippen LogP) is 2.30. The van der Waals surface area contributed by atoms with Gasteiger partial charge in [-0.05, 0) is 36.2 Å². The van der Waals surface area contributed by atoms with Gasteiger partial charge >= 0.3 is 0 Å². The lowest BCUT2D eigenvalue weighted by Crippen LogP contribution is -2.26. The largest absolute Gasteiger partial charge is 0.289 e. The van der Waals surface area contributed by atoms with Gasteiger partial charge in [0, 0.05) is 25.0 Å². The van der Waals surface area contributed by atoms with Crippen molar-refractivity contribution in [3.05, 3.63) is 82.7 Å². The molecular formula is C17H16N4O4S. The summed E-state index contributed by atoms with van der Waals surface area (Å²) in [5.74, 6) is 0. The standard InChI is InChI=1S/C17H16N4O4S/c22-21(23)16-4-1-2-5-17(16)26(24,25)19-12-10-14-6-8-15(9-7-14)20-13-3-11-18-20/h1-9,11,13,19H,10,12H2. The molecule has 1 heterocycles. The van der Waals surface area contributed by atoms with Gasteiger partial charge in [-0.3, -0.25) is 10.1 Å². The van der Waals surface area contributed by atoms with Crippen molar-refractivity contribution in [3.63, 3.8) is 0 Å². The van der Waals surface area contributed by atoms with Crippen LogP contribution in [-0.4, -0.2) is 29.7 Å². The average Bonchev–Trinajstić information content (AvgIpc) is 3.17. The highest BCUT2D eigenvalue weighted by Gasteiger charge is 2.24. The Morgan fingerprint density at radius 3 is 2.46 bits per heavy atom. The maximum atomic E-state index is 12.3. The summed E-state index contributed by atoms with van der Waals surface area (Å²) >= 11 is 0. The minimum atomic E-state index is -3.96. The first kappa shape index (κ1) is 17.8. The van der Waals surface area contributed by atoms with Crippen LogP contribution in [0, 0.1) is 10.1 Å². The zero-order chi connectivity index (χ0) is 18.6. The SMILES string of the molecule is O=[N+]([O-])c1ccccc1S(=O)(=O)NCCc1ccc(-n2cccn2)cc1. The molecule has 3 aromatic rings. The first-order valence-electron chi connectivity index (χ1n) is 7.79. The minimum Gasteiger partial charge on any atom is -0.258 e. The number of benzene rings is 2. The Kier molecular flexibility index (Phi) is 5.10. The second kappa shape index (κ2) is 7.46. The van der Waals surface area contributed by atoms with Crippen LogP contribution in [-0.2, 0) is 16.4 Å². The van der Waals surface area contributed by atoms with Crippen LogP contribution < -0.4 is 4.72 Å². The van der Waals surface area contributed by atoms with Crippen LogP contribution in [0.2, 0.25) is 0 Å². The molecule has 26 heavy (non-hydrogen) atoms. The van der Waals surface area contributed by atoms with Crippen LogP contribution in [0.5, 0.6) is 0 Å². The molecule has 0 aliphatic rings. The number of sulfonamides is 1. The molecule has 0 atom stereocenters. The van der Waals surface area contributed by atoms with E-state index in [1.165, 1.54) is 24.3 Å². The summed E-state index contributed by atoms with van der Waals surface area (Å²) in [6.45, 7) is 0.134. The van der Waals surface area contributed by atoms with Crippen LogP contribution in [0.25, 0.3) is 5.69 Å². The van der Waals surface area contributed by atoms with E-state index in [0.717, 1.165) is 11.3 Å². The van der Waals surface area contributed by atoms with E-state index in [-0.39, 0.29) is 11.4 Å². The smallest absolute Gasteiger partial charge is 0.258 e. The third kappa shape index (κ3) is 3.95. The first-order valence-corrected chi connectivity index (χ1v) is 9.28. The highest BCUT2D eigenvalue weighted by Crippen LogP contribution is 2.22. The van der Waals surface area contributed by atoms with Crippen molar-refractivity contribution in [2.24, 2.45) is 0 Å². The molecule has 0 radical (unpaired) electrons. The molecule has 1 aromatic heterocycles. The van der Waals surface area contributed by atoms with Gasteiger partial charge in [-0.25, -0.2) is 17.8 Å². The summed E-state index contributed by atoms with van der Waals surface area (Å²) in [4.78, 5) is 9.96. The lowest BCUT2D eigenvalue weighted by molar-refractivity contribution is -0.387. The number of hydrogen-bond donors (Lipinski definition) is 1. The quantitative estimate of drug-likeness (QED) is 0.506. The Bertz CT molecular complexity index is 1000. The van der Waals surface area contributed by atoms with Crippen molar-refractivity contribution in [2.75, 3.05) is 6.54 Å². The second-order valence-electron chi connectivity index (χ2n) is 5.49. The van der Waals surface area contributed by atoms with E-state index >= 15 is 0 Å². The molecule has 0 aliphatic heterocycles. The third-order valence-electron chi connectivity index (χ3n) is 3.76. The lowest BCUT2D eigenvalue weighted by Gasteiger charge is -2.08. The van der Waals surface area contributed by atoms with Crippen molar-refractivity contribution in [1.29, 1.82) is 0 Å². The summed E-state index contributed by atoms with van der Waals surface area (Å²) in [5.41, 5.74) is 1.40. The Morgan fingerprint density at radius 2 is 1.81 bits per heavy atom. The van der Waals surface area contributed by atoms with E-state index in [4.69, 9.17) is 0 Å². The van der Waals surface area contributed by atoms with Crippen LogP contribution in [0.1, 0.15) is 5.56 Å². The summed E-state index contributed by atoms with van der Waals surface area (Å²) in [6.07, 6.45) is 3.97. The van der Waals surface area contributed by atoms with Crippen molar-refractivity contribution in [3.8, 4) is 5.69 Å². The number of hydrogen-bond acceptors (Lipinski definition) is 5. The van der Waals surface area contributed by atoms with Gasteiger partial charge in [-0.15, -0.1) is 0 Å². The molecule has 0 saturated heterocycles. The van der Waals surface area contributed by atoms with Crippen LogP contribution >= 0.6 is 0 Å². The molecule has 1 N–H and O–H groups in total. The van der Waals surface area contributed by atoms with Gasteiger partial charge in [0.05, 0.1) is 10.6 Å². The summed E-state index contributed by atoms with van der Waals surface area (Å²) in [5, 5.41) is 15.1. The maximum Gasteiger partial charge on any atom is 0.289 e. The Balaban J connectivity index is 1.65. The molecule has 134 valence electrons. The topological polar surface area (TPSA) is 107 Å². The third-order valence-corrected chi connectivity index (χ3v) is 5.27. The van der Waals surface area contributed by atoms with Gasteiger partial charge in [-0.1, -0.05) is 24.3 Å². The molecule has 0 fully saturated rings. The number of nitro benzene ring substituents is 1. The molecular weight excluding hydrogens is 356 g/mol. The van der Waals surface area contributed by atoms with E-state index in [0.29, 0.717) is 6.42 Å². The van der Waals surface area contributed by atoms with Crippen molar-refractivity contribution >= 4 is 15.7 Å². The fraction of sp³-hybridized carbons (Fsp3) is 0.118. The van der Waals surface area contributed by atoms with E-state index in [1.54, 1.807) is 10.9 Å². The number of aromatic nitrogens is 2. The van der Waals surface area contributed by atoms with Gasteiger partial charge in [0.15, 0.2) is 4.90 Å². The van der Waals surface area contributed by atoms with Crippen LogP contribution in [0.15, 0.2) is 71.9 Å². The predicted molar refractivity (Wildman–Crippen MR) is 95.6 cm³/mol. The lowest BCUT2D eigenvalue weighted by atomic mass is 10.1. The fourth-order valence-corrected chi connectivity index (χ4v) is 3.68. The highest BCUT2D eigenvalue weighted by molar-refractivity contribution is 7.89. The van der Waals surface area contributed by atoms with E-state index < -0.39 is 20.6 Å². The number of rotatable bonds is 7. The zero-order valence-electron chi connectivity index (χ0n) is 13.6. The summed E-state index contributed by atoms with van der Waals surface area (Å²) in [7, 11) is -3.96. The van der Waals surface area contributed by atoms with E-state index in [2.05, 4.69) is 9.82 Å². The summed E-state index contributed by atoms with van der Waals surface area (Å²) < 4.78 is 28.8. The molecule has 0 aliphatic carbocycles. The van der Waals surface area contributed by atoms with Crippen molar-refractivity contribution < 1.29 is 13.3 Å². The molecule has 0 spiro atoms. The first-order chi connectivity index (χ1) is 12.5. The van der Waals surface area contributed by atoms with E-state index in [1.807, 2.05) is 36.5 Å². The fourth-order valence-electron chi connectivity index (χ4n) is 2.48. The van der Waals surface area contributed by atoms with Crippen molar-refractivity contribution in [2.45, 2.75) is 11.3 Å². The van der Waals surface area contributed by atoms with Gasteiger partial charge in [-0.2, -0.15) is 5.10 Å². The number of nitro groups is 1. The Labute approximate surface area is 150 Å². The van der Waals surface area contributed by atoms with Gasteiger partial charge < -0.3 is 0 Å². The maximum absolute atomic E-state index is 12.3. The number of nitrogens with zero attached hydrogens (tertiary/aromatic N) is 3. The van der Waals surface area contributed by atoms with Crippen LogP contribution in [0.3, 0.4) is 0 Å². The highest BCUT2D eigenvalue weighted by atomic mass is 32.2. The van der Waals surface area contributed by atoms with Gasteiger partial charge in [0.25, 0.3) is 5.69 Å². The number of nitrogens with one attached hydrogen (secondary N) is 1. The average molecular weight is 372 g/mol. The summed E-state index contributed by atoms with van der Waals surface area (Å²) in [6, 6.07) is 14.6. The van der Waals surface area contributed by atoms with Crippen LogP contribution in [0.4, 0.5) is 5.69 Å². The second-order valence-corrected chi connectivity index (χ2v) is 7.23. The molecule has 9 heteroatoms. The number of para-hydroxylation sites is 1. The zero-order valence-corrected chi connectivity index (χ0v) is 14.5. The molecule has 0 unspecified atom stereocenters. The molecule has 0 bridgehead atoms. The van der Waals surface area contributed by atoms with E-state index in [9.17, 15) is 18.5 Å². The molecule has 2 aromatic carbocycles. The normalized spacial score (nSPS) is 11.4. The Hall–Kier alpha value is -3.04. The molecule has 3 rings (SSSR count). The molecule has 8 nitrogen and oxygen atoms in total. The minimum absolute atomic E-state index is 0.134. The Morgan fingerprint density at radius 1 is 1.08 bits per heavy atom. The van der Waals surface area contributed by atoms with Gasteiger partial charge in [0.2, 0.25) is 10.0 Å². The molecule has 0 saturated carbocycles. The molecule has 0 amide bonds.